The van der Waals surface area contributed by atoms with Crippen LogP contribution in [0.4, 0.5) is 0 Å². The molecule has 0 heterocycles. The molecule has 0 atom stereocenters. The van der Waals surface area contributed by atoms with Crippen LogP contribution < -0.4 is 10.9 Å². The van der Waals surface area contributed by atoms with Gasteiger partial charge < -0.3 is 0 Å². The fraction of sp³-hybridized carbons (Fsp3) is 0.111. The van der Waals surface area contributed by atoms with Crippen LogP contribution in [0.15, 0.2) is 70.9 Å². The van der Waals surface area contributed by atoms with Crippen LogP contribution in [0.3, 0.4) is 0 Å². The predicted octanol–water partition coefficient (Wildman–Crippen LogP) is 4.51. The molecule has 0 amide bonds. The minimum atomic E-state index is 0. The molecule has 0 aliphatic carbocycles. The number of rotatable bonds is 4. The summed E-state index contributed by atoms with van der Waals surface area (Å²) >= 11 is 12.8. The van der Waals surface area contributed by atoms with Gasteiger partial charge in [0.1, 0.15) is 0 Å². The molecule has 2 N–H and O–H groups in total. The van der Waals surface area contributed by atoms with Crippen LogP contribution in [-0.4, -0.2) is 33.6 Å². The summed E-state index contributed by atoms with van der Waals surface area (Å²) in [5.74, 6) is 0. The third kappa shape index (κ3) is 13.7. The summed E-state index contributed by atoms with van der Waals surface area (Å²) in [6.07, 6.45) is 7.30. The second-order valence-electron chi connectivity index (χ2n) is 4.54. The smallest absolute Gasteiger partial charge is 0.153 e. The number of hydrogen-bond acceptors (Lipinski definition) is 6. The third-order valence-electron chi connectivity index (χ3n) is 2.71. The normalized spacial score (nSPS) is 9.85. The minimum absolute atomic E-state index is 0. The number of thioether (sulfide) groups is 2. The maximum Gasteiger partial charge on any atom is 0.153 e. The van der Waals surface area contributed by atoms with Crippen molar-refractivity contribution in [2.45, 2.75) is 0 Å². The van der Waals surface area contributed by atoms with Crippen molar-refractivity contribution in [2.75, 3.05) is 12.5 Å². The maximum absolute atomic E-state index is 4.91. The summed E-state index contributed by atoms with van der Waals surface area (Å²) in [6, 6.07) is 19.7. The molecule has 2 aromatic rings. The molecule has 146 valence electrons. The van der Waals surface area contributed by atoms with E-state index in [4.69, 9.17) is 24.4 Å². The fourth-order valence-electron chi connectivity index (χ4n) is 1.49. The van der Waals surface area contributed by atoms with Crippen LogP contribution >= 0.6 is 48.0 Å². The van der Waals surface area contributed by atoms with Crippen LogP contribution in [-0.2, 0) is 20.4 Å². The van der Waals surface area contributed by atoms with Gasteiger partial charge in [0.25, 0.3) is 0 Å². The van der Waals surface area contributed by atoms with Crippen molar-refractivity contribution in [3.8, 4) is 0 Å². The van der Waals surface area contributed by atoms with E-state index in [-0.39, 0.29) is 20.4 Å². The molecule has 4 nitrogen and oxygen atoms in total. The molecule has 2 aromatic carbocycles. The Morgan fingerprint density at radius 2 is 1.07 bits per heavy atom. The Hall–Kier alpha value is -1.08. The predicted molar refractivity (Wildman–Crippen MR) is 127 cm³/mol. The van der Waals surface area contributed by atoms with E-state index in [0.717, 1.165) is 11.1 Å². The van der Waals surface area contributed by atoms with E-state index >= 15 is 0 Å². The summed E-state index contributed by atoms with van der Waals surface area (Å²) in [5.41, 5.74) is 7.60. The van der Waals surface area contributed by atoms with Crippen molar-refractivity contribution < 1.29 is 20.4 Å². The van der Waals surface area contributed by atoms with Gasteiger partial charge in [0.05, 0.1) is 12.4 Å². The second-order valence-corrected chi connectivity index (χ2v) is 7.51. The first-order valence-electron chi connectivity index (χ1n) is 7.50. The molecule has 0 fully saturated rings. The largest absolute Gasteiger partial charge is 0.262 e. The quantitative estimate of drug-likeness (QED) is 0.264. The molecular formula is C18H20N4PdS4. The van der Waals surface area contributed by atoms with Gasteiger partial charge in [0.15, 0.2) is 8.64 Å². The van der Waals surface area contributed by atoms with Crippen molar-refractivity contribution in [3.05, 3.63) is 71.8 Å². The van der Waals surface area contributed by atoms with E-state index in [1.54, 1.807) is 12.4 Å². The van der Waals surface area contributed by atoms with E-state index in [0.29, 0.717) is 8.64 Å². The van der Waals surface area contributed by atoms with Crippen molar-refractivity contribution in [2.24, 2.45) is 10.2 Å². The first kappa shape index (κ1) is 25.9. The summed E-state index contributed by atoms with van der Waals surface area (Å²) in [7, 11) is 0. The van der Waals surface area contributed by atoms with Crippen LogP contribution in [0, 0.1) is 0 Å². The molecule has 0 bridgehead atoms. The SMILES string of the molecule is CSC(=S)NN=Cc1ccccc1.CSC(=S)NN=Cc1ccccc1.[Pd]. The third-order valence-corrected chi connectivity index (χ3v) is 4.82. The van der Waals surface area contributed by atoms with E-state index in [2.05, 4.69) is 21.1 Å². The molecule has 9 heteroatoms. The number of hydrazone groups is 2. The van der Waals surface area contributed by atoms with Gasteiger partial charge in [-0.15, -0.1) is 0 Å². The number of benzene rings is 2. The Labute approximate surface area is 193 Å². The number of hydrogen-bond donors (Lipinski definition) is 2. The van der Waals surface area contributed by atoms with Crippen LogP contribution in [0.25, 0.3) is 0 Å². The average Bonchev–Trinajstić information content (AvgIpc) is 2.70. The molecule has 0 aliphatic heterocycles. The Kier molecular flexibility index (Phi) is 16.4. The summed E-state index contributed by atoms with van der Waals surface area (Å²) in [6.45, 7) is 0. The Bertz CT molecular complexity index is 661. The van der Waals surface area contributed by atoms with E-state index < -0.39 is 0 Å². The van der Waals surface area contributed by atoms with Crippen molar-refractivity contribution in [1.82, 2.24) is 10.9 Å². The fourth-order valence-corrected chi connectivity index (χ4v) is 1.88. The van der Waals surface area contributed by atoms with Gasteiger partial charge in [-0.3, -0.25) is 10.9 Å². The Morgan fingerprint density at radius 1 is 0.741 bits per heavy atom. The summed E-state index contributed by atoms with van der Waals surface area (Å²) in [5, 5.41) is 7.95. The molecule has 27 heavy (non-hydrogen) atoms. The molecule has 0 saturated carbocycles. The van der Waals surface area contributed by atoms with Gasteiger partial charge in [0.2, 0.25) is 0 Å². The zero-order valence-electron chi connectivity index (χ0n) is 14.8. The zero-order valence-corrected chi connectivity index (χ0v) is 19.6. The number of thiocarbonyl (C=S) groups is 2. The van der Waals surface area contributed by atoms with Gasteiger partial charge in [-0.05, 0) is 23.6 Å². The van der Waals surface area contributed by atoms with Gasteiger partial charge in [0, 0.05) is 20.4 Å². The van der Waals surface area contributed by atoms with Crippen LogP contribution in [0.1, 0.15) is 11.1 Å². The summed E-state index contributed by atoms with van der Waals surface area (Å²) in [4.78, 5) is 0. The standard InChI is InChI=1S/2C9H10N2S2.Pd/c2*1-13-9(12)11-10-7-8-5-3-2-4-6-8;/h2*2-7H,1H3,(H,11,12);. The molecule has 0 radical (unpaired) electrons. The van der Waals surface area contributed by atoms with Gasteiger partial charge in [-0.25, -0.2) is 0 Å². The monoisotopic (exact) mass is 526 g/mol. The number of nitrogens with zero attached hydrogens (tertiary/aromatic N) is 2. The first-order chi connectivity index (χ1) is 12.7. The Morgan fingerprint density at radius 3 is 1.37 bits per heavy atom. The van der Waals surface area contributed by atoms with Crippen molar-refractivity contribution in [1.29, 1.82) is 0 Å². The molecule has 0 aliphatic rings. The Balaban J connectivity index is 0.000000483. The molecular weight excluding hydrogens is 507 g/mol. The van der Waals surface area contributed by atoms with Crippen LogP contribution in [0.2, 0.25) is 0 Å². The summed E-state index contributed by atoms with van der Waals surface area (Å²) < 4.78 is 1.35. The first-order valence-corrected chi connectivity index (χ1v) is 10.8. The van der Waals surface area contributed by atoms with Crippen LogP contribution in [0.5, 0.6) is 0 Å². The molecule has 0 saturated heterocycles. The van der Waals surface area contributed by atoms with Crippen molar-refractivity contribution >= 4 is 69.0 Å². The average molecular weight is 527 g/mol. The van der Waals surface area contributed by atoms with E-state index in [1.807, 2.05) is 73.2 Å². The maximum atomic E-state index is 4.91. The second kappa shape index (κ2) is 17.1. The van der Waals surface area contributed by atoms with Crippen molar-refractivity contribution in [3.63, 3.8) is 0 Å². The molecule has 0 aromatic heterocycles. The van der Waals surface area contributed by atoms with Gasteiger partial charge in [-0.2, -0.15) is 10.2 Å². The topological polar surface area (TPSA) is 48.8 Å². The molecule has 0 unspecified atom stereocenters. The molecule has 0 spiro atoms. The number of nitrogens with one attached hydrogen (secondary N) is 2. The van der Waals surface area contributed by atoms with E-state index in [1.165, 1.54) is 23.5 Å². The zero-order chi connectivity index (χ0) is 19.0. The van der Waals surface area contributed by atoms with E-state index in [9.17, 15) is 0 Å². The minimum Gasteiger partial charge on any atom is -0.262 e. The molecule has 2 rings (SSSR count). The van der Waals surface area contributed by atoms with Gasteiger partial charge in [-0.1, -0.05) is 109 Å². The van der Waals surface area contributed by atoms with Gasteiger partial charge >= 0.3 is 0 Å².